The van der Waals surface area contributed by atoms with E-state index in [2.05, 4.69) is 27.5 Å². The Morgan fingerprint density at radius 1 is 1.04 bits per heavy atom. The smallest absolute Gasteiger partial charge is 0.135 e. The largest absolute Gasteiger partial charge is 0.325 e. The lowest BCUT2D eigenvalue weighted by Crippen LogP contribution is -2.17. The maximum atomic E-state index is 4.60. The number of aromatic nitrogens is 2. The molecule has 0 radical (unpaired) electrons. The van der Waals surface area contributed by atoms with Crippen molar-refractivity contribution in [3.63, 3.8) is 0 Å². The molecule has 23 heavy (non-hydrogen) atoms. The van der Waals surface area contributed by atoms with Crippen molar-refractivity contribution in [2.75, 3.05) is 11.9 Å². The molecule has 0 fully saturated rings. The van der Waals surface area contributed by atoms with Crippen molar-refractivity contribution >= 4 is 11.7 Å². The van der Waals surface area contributed by atoms with Crippen molar-refractivity contribution in [1.82, 2.24) is 9.78 Å². The Labute approximate surface area is 136 Å². The van der Waals surface area contributed by atoms with Crippen LogP contribution in [-0.2, 0) is 0 Å². The first kappa shape index (κ1) is 15.0. The fourth-order valence-corrected chi connectivity index (χ4v) is 2.43. The van der Waals surface area contributed by atoms with Crippen LogP contribution < -0.4 is 5.32 Å². The van der Waals surface area contributed by atoms with E-state index in [4.69, 9.17) is 0 Å². The number of nitrogens with zero attached hydrogens (tertiary/aromatic N) is 3. The highest BCUT2D eigenvalue weighted by molar-refractivity contribution is 6.08. The molecule has 1 aromatic heterocycles. The quantitative estimate of drug-likeness (QED) is 0.583. The molecule has 0 bridgehead atoms. The molecule has 0 unspecified atom stereocenters. The molecule has 0 spiro atoms. The molecule has 1 N–H and O–H groups in total. The molecule has 0 amide bonds. The van der Waals surface area contributed by atoms with Crippen LogP contribution in [0.1, 0.15) is 18.2 Å². The van der Waals surface area contributed by atoms with E-state index in [1.54, 1.807) is 0 Å². The Hall–Kier alpha value is -2.88. The van der Waals surface area contributed by atoms with Crippen LogP contribution in [0.5, 0.6) is 0 Å². The van der Waals surface area contributed by atoms with Gasteiger partial charge in [-0.15, -0.1) is 0 Å². The van der Waals surface area contributed by atoms with Crippen LogP contribution in [0, 0.1) is 6.92 Å². The molecule has 2 aromatic carbocycles. The van der Waals surface area contributed by atoms with Gasteiger partial charge in [-0.1, -0.05) is 48.5 Å². The third kappa shape index (κ3) is 3.48. The van der Waals surface area contributed by atoms with E-state index in [0.717, 1.165) is 35.1 Å². The summed E-state index contributed by atoms with van der Waals surface area (Å²) in [6.07, 6.45) is 0. The van der Waals surface area contributed by atoms with E-state index in [1.807, 2.05) is 73.1 Å². The van der Waals surface area contributed by atoms with E-state index in [0.29, 0.717) is 0 Å². The molecule has 4 nitrogen and oxygen atoms in total. The van der Waals surface area contributed by atoms with Crippen LogP contribution in [-0.4, -0.2) is 22.2 Å². The molecular weight excluding hydrogens is 284 g/mol. The molecule has 1 heterocycles. The SMILES string of the molecule is CCN=C(Nc1cc(C)nn1-c1ccccc1)c1ccccc1. The molecule has 4 heteroatoms. The van der Waals surface area contributed by atoms with Gasteiger partial charge < -0.3 is 5.32 Å². The monoisotopic (exact) mass is 304 g/mol. The van der Waals surface area contributed by atoms with Gasteiger partial charge in [-0.05, 0) is 26.0 Å². The molecule has 0 aliphatic heterocycles. The lowest BCUT2D eigenvalue weighted by Gasteiger charge is -2.12. The molecule has 3 rings (SSSR count). The van der Waals surface area contributed by atoms with Crippen LogP contribution in [0.3, 0.4) is 0 Å². The minimum atomic E-state index is 0.718. The standard InChI is InChI=1S/C19H20N4/c1-3-20-19(16-10-6-4-7-11-16)21-18-14-15(2)22-23(18)17-12-8-5-9-13-17/h4-14H,3H2,1-2H3,(H,20,21). The summed E-state index contributed by atoms with van der Waals surface area (Å²) in [5.41, 5.74) is 3.04. The first-order valence-corrected chi connectivity index (χ1v) is 7.77. The van der Waals surface area contributed by atoms with Gasteiger partial charge in [0, 0.05) is 18.2 Å². The van der Waals surface area contributed by atoms with Gasteiger partial charge in [0.15, 0.2) is 0 Å². The van der Waals surface area contributed by atoms with Gasteiger partial charge in [0.05, 0.1) is 11.4 Å². The highest BCUT2D eigenvalue weighted by Gasteiger charge is 2.10. The summed E-state index contributed by atoms with van der Waals surface area (Å²) in [7, 11) is 0. The van der Waals surface area contributed by atoms with Gasteiger partial charge in [0.1, 0.15) is 11.7 Å². The van der Waals surface area contributed by atoms with E-state index in [9.17, 15) is 0 Å². The number of aryl methyl sites for hydroxylation is 1. The fraction of sp³-hybridized carbons (Fsp3) is 0.158. The Morgan fingerprint density at radius 3 is 2.35 bits per heavy atom. The van der Waals surface area contributed by atoms with Gasteiger partial charge in [0.25, 0.3) is 0 Å². The molecule has 0 aliphatic rings. The zero-order chi connectivity index (χ0) is 16.1. The van der Waals surface area contributed by atoms with Gasteiger partial charge >= 0.3 is 0 Å². The third-order valence-electron chi connectivity index (χ3n) is 3.44. The van der Waals surface area contributed by atoms with Gasteiger partial charge in [0.2, 0.25) is 0 Å². The summed E-state index contributed by atoms with van der Waals surface area (Å²) in [4.78, 5) is 4.60. The van der Waals surface area contributed by atoms with Crippen molar-refractivity contribution in [3.05, 3.63) is 78.0 Å². The van der Waals surface area contributed by atoms with Crippen LogP contribution in [0.25, 0.3) is 5.69 Å². The second kappa shape index (κ2) is 6.92. The number of hydrogen-bond donors (Lipinski definition) is 1. The van der Waals surface area contributed by atoms with Gasteiger partial charge in [-0.25, -0.2) is 4.68 Å². The highest BCUT2D eigenvalue weighted by Crippen LogP contribution is 2.18. The number of hydrogen-bond acceptors (Lipinski definition) is 2. The number of para-hydroxylation sites is 1. The molecule has 0 saturated carbocycles. The topological polar surface area (TPSA) is 42.2 Å². The first-order chi connectivity index (χ1) is 11.3. The van der Waals surface area contributed by atoms with Crippen LogP contribution in [0.4, 0.5) is 5.82 Å². The number of benzene rings is 2. The normalized spacial score (nSPS) is 11.5. The minimum absolute atomic E-state index is 0.718. The average Bonchev–Trinajstić information content (AvgIpc) is 2.96. The molecular formula is C19H20N4. The minimum Gasteiger partial charge on any atom is -0.325 e. The highest BCUT2D eigenvalue weighted by atomic mass is 15.3. The first-order valence-electron chi connectivity index (χ1n) is 7.77. The van der Waals surface area contributed by atoms with E-state index in [-0.39, 0.29) is 0 Å². The predicted octanol–water partition coefficient (Wildman–Crippen LogP) is 4.06. The summed E-state index contributed by atoms with van der Waals surface area (Å²) in [5.74, 6) is 1.76. The van der Waals surface area contributed by atoms with Crippen molar-refractivity contribution in [1.29, 1.82) is 0 Å². The van der Waals surface area contributed by atoms with Crippen molar-refractivity contribution < 1.29 is 0 Å². The van der Waals surface area contributed by atoms with Crippen LogP contribution in [0.2, 0.25) is 0 Å². The summed E-state index contributed by atoms with van der Waals surface area (Å²) in [5, 5.41) is 8.02. The number of amidine groups is 1. The van der Waals surface area contributed by atoms with Gasteiger partial charge in [-0.3, -0.25) is 4.99 Å². The van der Waals surface area contributed by atoms with Crippen molar-refractivity contribution in [2.24, 2.45) is 4.99 Å². The number of anilines is 1. The van der Waals surface area contributed by atoms with Crippen molar-refractivity contribution in [2.45, 2.75) is 13.8 Å². The maximum Gasteiger partial charge on any atom is 0.135 e. The summed E-state index contributed by atoms with van der Waals surface area (Å²) >= 11 is 0. The van der Waals surface area contributed by atoms with Gasteiger partial charge in [-0.2, -0.15) is 5.10 Å². The summed E-state index contributed by atoms with van der Waals surface area (Å²) in [6, 6.07) is 22.3. The second-order valence-electron chi connectivity index (χ2n) is 5.23. The zero-order valence-corrected chi connectivity index (χ0v) is 13.4. The second-order valence-corrected chi connectivity index (χ2v) is 5.23. The molecule has 0 atom stereocenters. The van der Waals surface area contributed by atoms with Crippen molar-refractivity contribution in [3.8, 4) is 5.69 Å². The lowest BCUT2D eigenvalue weighted by atomic mass is 10.2. The molecule has 3 aromatic rings. The third-order valence-corrected chi connectivity index (χ3v) is 3.44. The number of nitrogens with one attached hydrogen (secondary N) is 1. The molecule has 0 aliphatic carbocycles. The summed E-state index contributed by atoms with van der Waals surface area (Å²) in [6.45, 7) is 4.74. The summed E-state index contributed by atoms with van der Waals surface area (Å²) < 4.78 is 1.91. The molecule has 0 saturated heterocycles. The fourth-order valence-electron chi connectivity index (χ4n) is 2.43. The number of aliphatic imine (C=N–C) groups is 1. The van der Waals surface area contributed by atoms with Crippen LogP contribution in [0.15, 0.2) is 71.7 Å². The predicted molar refractivity (Wildman–Crippen MR) is 95.4 cm³/mol. The molecule has 116 valence electrons. The Morgan fingerprint density at radius 2 is 1.70 bits per heavy atom. The Kier molecular flexibility index (Phi) is 4.52. The number of rotatable bonds is 4. The Balaban J connectivity index is 1.97. The van der Waals surface area contributed by atoms with E-state index < -0.39 is 0 Å². The Bertz CT molecular complexity index is 789. The zero-order valence-electron chi connectivity index (χ0n) is 13.4. The van der Waals surface area contributed by atoms with E-state index in [1.165, 1.54) is 0 Å². The van der Waals surface area contributed by atoms with Crippen LogP contribution >= 0.6 is 0 Å². The maximum absolute atomic E-state index is 4.60. The average molecular weight is 304 g/mol. The lowest BCUT2D eigenvalue weighted by molar-refractivity contribution is 0.870. The van der Waals surface area contributed by atoms with E-state index >= 15 is 0 Å².